The third-order valence-corrected chi connectivity index (χ3v) is 4.11. The summed E-state index contributed by atoms with van der Waals surface area (Å²) in [6.45, 7) is 1.59. The molecule has 2 N–H and O–H groups in total. The van der Waals surface area contributed by atoms with Crippen LogP contribution in [0.15, 0.2) is 60.3 Å². The highest BCUT2D eigenvalue weighted by Gasteiger charge is 2.07. The normalized spacial score (nSPS) is 13.6. The van der Waals surface area contributed by atoms with Crippen LogP contribution in [0.2, 0.25) is 0 Å². The Balaban J connectivity index is 1.39. The maximum Gasteiger partial charge on any atom is 0.250 e. The van der Waals surface area contributed by atoms with Gasteiger partial charge in [-0.05, 0) is 37.8 Å². The second kappa shape index (κ2) is 8.29. The van der Waals surface area contributed by atoms with E-state index in [1.165, 1.54) is 0 Å². The van der Waals surface area contributed by atoms with Gasteiger partial charge >= 0.3 is 0 Å². The van der Waals surface area contributed by atoms with Gasteiger partial charge in [0.1, 0.15) is 0 Å². The van der Waals surface area contributed by atoms with Gasteiger partial charge in [-0.1, -0.05) is 36.4 Å². The molecule has 4 nitrogen and oxygen atoms in total. The van der Waals surface area contributed by atoms with E-state index in [1.807, 2.05) is 42.6 Å². The second-order valence-corrected chi connectivity index (χ2v) is 5.90. The summed E-state index contributed by atoms with van der Waals surface area (Å²) in [5.41, 5.74) is 2.91. The number of nitrogens with one attached hydrogen (secondary N) is 2. The lowest BCUT2D eigenvalue weighted by Gasteiger charge is -2.10. The van der Waals surface area contributed by atoms with Gasteiger partial charge in [-0.25, -0.2) is 0 Å². The van der Waals surface area contributed by atoms with E-state index in [1.54, 1.807) is 0 Å². The standard InChI is InChI=1S/C20H23N3O/c24-20(16-8-2-1-3-9-16)23-14-7-6-13-21-19-12-15-22-18-11-5-4-10-17(18)19/h2,4-5,8-12,15H,1,3,6-7,13-14H2,(H,21,22)(H,23,24). The van der Waals surface area contributed by atoms with Crippen LogP contribution in [-0.2, 0) is 4.79 Å². The highest BCUT2D eigenvalue weighted by atomic mass is 16.1. The number of para-hydroxylation sites is 1. The molecule has 1 aliphatic rings. The molecule has 0 saturated heterocycles. The van der Waals surface area contributed by atoms with Crippen LogP contribution in [0.25, 0.3) is 10.9 Å². The van der Waals surface area contributed by atoms with E-state index in [9.17, 15) is 4.79 Å². The number of rotatable bonds is 7. The first kappa shape index (κ1) is 16.2. The smallest absolute Gasteiger partial charge is 0.250 e. The molecule has 4 heteroatoms. The van der Waals surface area contributed by atoms with E-state index in [4.69, 9.17) is 0 Å². The van der Waals surface area contributed by atoms with Crippen LogP contribution in [-0.4, -0.2) is 24.0 Å². The molecule has 0 radical (unpaired) electrons. The van der Waals surface area contributed by atoms with Gasteiger partial charge in [-0.3, -0.25) is 9.78 Å². The highest BCUT2D eigenvalue weighted by Crippen LogP contribution is 2.20. The molecule has 1 aromatic carbocycles. The van der Waals surface area contributed by atoms with Gasteiger partial charge in [0, 0.05) is 35.9 Å². The lowest BCUT2D eigenvalue weighted by atomic mass is 10.1. The van der Waals surface area contributed by atoms with Crippen LogP contribution in [0, 0.1) is 0 Å². The summed E-state index contributed by atoms with van der Waals surface area (Å²) in [6, 6.07) is 10.1. The Labute approximate surface area is 142 Å². The molecule has 0 fully saturated rings. The number of anilines is 1. The lowest BCUT2D eigenvalue weighted by Crippen LogP contribution is -2.26. The van der Waals surface area contributed by atoms with Gasteiger partial charge in [0.25, 0.3) is 5.91 Å². The minimum atomic E-state index is 0.0408. The zero-order valence-electron chi connectivity index (χ0n) is 13.8. The minimum Gasteiger partial charge on any atom is -0.384 e. The number of benzene rings is 1. The number of unbranched alkanes of at least 4 members (excludes halogenated alkanes) is 1. The monoisotopic (exact) mass is 321 g/mol. The SMILES string of the molecule is O=C(NCCCCNc1ccnc2ccccc12)C1=CCCC=C1. The Morgan fingerprint density at radius 2 is 1.96 bits per heavy atom. The second-order valence-electron chi connectivity index (χ2n) is 5.90. The van der Waals surface area contributed by atoms with E-state index in [0.29, 0.717) is 6.54 Å². The van der Waals surface area contributed by atoms with E-state index in [2.05, 4.69) is 27.8 Å². The number of fused-ring (bicyclic) bond motifs is 1. The Bertz CT molecular complexity index is 759. The Morgan fingerprint density at radius 1 is 1.08 bits per heavy atom. The fourth-order valence-corrected chi connectivity index (χ4v) is 2.81. The molecule has 0 bridgehead atoms. The third kappa shape index (κ3) is 4.22. The van der Waals surface area contributed by atoms with Gasteiger partial charge in [-0.2, -0.15) is 0 Å². The van der Waals surface area contributed by atoms with Crippen molar-refractivity contribution in [2.45, 2.75) is 25.7 Å². The quantitative estimate of drug-likeness (QED) is 0.762. The van der Waals surface area contributed by atoms with Crippen molar-refractivity contribution in [3.8, 4) is 0 Å². The molecule has 0 saturated carbocycles. The summed E-state index contributed by atoms with van der Waals surface area (Å²) in [7, 11) is 0. The summed E-state index contributed by atoms with van der Waals surface area (Å²) < 4.78 is 0. The molecular formula is C20H23N3O. The van der Waals surface area contributed by atoms with Crippen molar-refractivity contribution in [2.75, 3.05) is 18.4 Å². The largest absolute Gasteiger partial charge is 0.384 e. The molecule has 1 aliphatic carbocycles. The van der Waals surface area contributed by atoms with Gasteiger partial charge in [0.05, 0.1) is 5.52 Å². The van der Waals surface area contributed by atoms with Crippen molar-refractivity contribution in [1.82, 2.24) is 10.3 Å². The molecule has 1 aromatic heterocycles. The van der Waals surface area contributed by atoms with Crippen molar-refractivity contribution in [3.05, 3.63) is 60.3 Å². The van der Waals surface area contributed by atoms with Crippen molar-refractivity contribution in [2.24, 2.45) is 0 Å². The molecule has 1 heterocycles. The zero-order valence-corrected chi connectivity index (χ0v) is 13.8. The van der Waals surface area contributed by atoms with Crippen LogP contribution >= 0.6 is 0 Å². The first-order valence-corrected chi connectivity index (χ1v) is 8.57. The van der Waals surface area contributed by atoms with Crippen LogP contribution in [0.4, 0.5) is 5.69 Å². The molecule has 24 heavy (non-hydrogen) atoms. The molecular weight excluding hydrogens is 298 g/mol. The first-order valence-electron chi connectivity index (χ1n) is 8.57. The van der Waals surface area contributed by atoms with Gasteiger partial charge in [-0.15, -0.1) is 0 Å². The molecule has 0 spiro atoms. The number of hydrogen-bond donors (Lipinski definition) is 2. The zero-order chi connectivity index (χ0) is 16.6. The number of amides is 1. The number of carbonyl (C=O) groups is 1. The molecule has 124 valence electrons. The number of nitrogens with zero attached hydrogens (tertiary/aromatic N) is 1. The van der Waals surface area contributed by atoms with Crippen molar-refractivity contribution >= 4 is 22.5 Å². The van der Waals surface area contributed by atoms with Crippen molar-refractivity contribution in [3.63, 3.8) is 0 Å². The Morgan fingerprint density at radius 3 is 2.83 bits per heavy atom. The fraction of sp³-hybridized carbons (Fsp3) is 0.300. The summed E-state index contributed by atoms with van der Waals surface area (Å²) in [4.78, 5) is 16.3. The van der Waals surface area contributed by atoms with Crippen LogP contribution in [0.5, 0.6) is 0 Å². The molecule has 0 aliphatic heterocycles. The molecule has 0 atom stereocenters. The average molecular weight is 321 g/mol. The molecule has 1 amide bonds. The summed E-state index contributed by atoms with van der Waals surface area (Å²) in [5, 5.41) is 7.59. The van der Waals surface area contributed by atoms with Crippen LogP contribution in [0.1, 0.15) is 25.7 Å². The van der Waals surface area contributed by atoms with Gasteiger partial charge < -0.3 is 10.6 Å². The van der Waals surface area contributed by atoms with Gasteiger partial charge in [0.15, 0.2) is 0 Å². The maximum absolute atomic E-state index is 11.9. The summed E-state index contributed by atoms with van der Waals surface area (Å²) in [5.74, 6) is 0.0408. The third-order valence-electron chi connectivity index (χ3n) is 4.11. The summed E-state index contributed by atoms with van der Waals surface area (Å²) >= 11 is 0. The number of allylic oxidation sites excluding steroid dienone is 2. The van der Waals surface area contributed by atoms with Crippen molar-refractivity contribution < 1.29 is 4.79 Å². The molecule has 3 rings (SSSR count). The predicted octanol–water partition coefficient (Wildman–Crippen LogP) is 3.82. The van der Waals surface area contributed by atoms with Gasteiger partial charge in [0.2, 0.25) is 0 Å². The topological polar surface area (TPSA) is 54.0 Å². The van der Waals surface area contributed by atoms with E-state index in [0.717, 1.165) is 54.4 Å². The minimum absolute atomic E-state index is 0.0408. The van der Waals surface area contributed by atoms with Crippen LogP contribution < -0.4 is 10.6 Å². The predicted molar refractivity (Wildman–Crippen MR) is 98.9 cm³/mol. The number of aromatic nitrogens is 1. The molecule has 2 aromatic rings. The number of carbonyl (C=O) groups excluding carboxylic acids is 1. The van der Waals surface area contributed by atoms with Crippen LogP contribution in [0.3, 0.4) is 0 Å². The summed E-state index contributed by atoms with van der Waals surface area (Å²) in [6.07, 6.45) is 11.8. The highest BCUT2D eigenvalue weighted by molar-refractivity contribution is 5.96. The average Bonchev–Trinajstić information content (AvgIpc) is 2.65. The maximum atomic E-state index is 11.9. The Hall–Kier alpha value is -2.62. The van der Waals surface area contributed by atoms with Crippen molar-refractivity contribution in [1.29, 1.82) is 0 Å². The van der Waals surface area contributed by atoms with E-state index < -0.39 is 0 Å². The number of pyridine rings is 1. The first-order chi connectivity index (χ1) is 11.8. The fourth-order valence-electron chi connectivity index (χ4n) is 2.81. The van der Waals surface area contributed by atoms with E-state index in [-0.39, 0.29) is 5.91 Å². The number of hydrogen-bond acceptors (Lipinski definition) is 3. The van der Waals surface area contributed by atoms with E-state index >= 15 is 0 Å². The lowest BCUT2D eigenvalue weighted by molar-refractivity contribution is -0.117. The molecule has 0 unspecified atom stereocenters. The Kier molecular flexibility index (Phi) is 5.61.